The second-order valence-corrected chi connectivity index (χ2v) is 13.3. The van der Waals surface area contributed by atoms with Crippen molar-refractivity contribution in [1.29, 1.82) is 0 Å². The van der Waals surface area contributed by atoms with Crippen LogP contribution in [0.25, 0.3) is 18.2 Å². The number of halogens is 1. The van der Waals surface area contributed by atoms with Gasteiger partial charge >= 0.3 is 172 Å². The Kier molecular flexibility index (Phi) is 6.67. The van der Waals surface area contributed by atoms with E-state index in [4.69, 9.17) is 0 Å². The van der Waals surface area contributed by atoms with Gasteiger partial charge in [0.05, 0.1) is 0 Å². The molecule has 3 rings (SSSR count). The monoisotopic (exact) mass is 505 g/mol. The van der Waals surface area contributed by atoms with E-state index in [1.54, 1.807) is 22.3 Å². The SMILES string of the molecule is C=C1N(CC)C(=O)/C(=C\c2ccc(/C=C/c3ccc(C)cc3)s2)C(=O)I1CC. The minimum absolute atomic E-state index is 0.0385. The van der Waals surface area contributed by atoms with Gasteiger partial charge in [-0.3, -0.25) is 0 Å². The fraction of sp³-hybridized carbons (Fsp3) is 0.217. The summed E-state index contributed by atoms with van der Waals surface area (Å²) in [5.74, 6) is -0.204. The van der Waals surface area contributed by atoms with Crippen LogP contribution in [0, 0.1) is 6.92 Å². The fourth-order valence-corrected chi connectivity index (χ4v) is 8.27. The summed E-state index contributed by atoms with van der Waals surface area (Å²) >= 11 is -0.482. The normalized spacial score (nSPS) is 18.0. The number of hydrogen-bond donors (Lipinski definition) is 0. The third kappa shape index (κ3) is 4.36. The van der Waals surface area contributed by atoms with E-state index in [0.717, 1.165) is 23.4 Å². The van der Waals surface area contributed by atoms with E-state index in [1.807, 2.05) is 26.0 Å². The molecule has 1 aliphatic heterocycles. The first kappa shape index (κ1) is 20.7. The van der Waals surface area contributed by atoms with E-state index in [2.05, 4.69) is 49.9 Å². The zero-order valence-electron chi connectivity index (χ0n) is 16.4. The molecular weight excluding hydrogens is 481 g/mol. The van der Waals surface area contributed by atoms with Crippen LogP contribution in [0.2, 0.25) is 0 Å². The van der Waals surface area contributed by atoms with E-state index < -0.39 is 19.8 Å². The van der Waals surface area contributed by atoms with E-state index in [0.29, 0.717) is 12.1 Å². The molecule has 1 aromatic carbocycles. The number of hydrogen-bond acceptors (Lipinski definition) is 3. The molecule has 1 saturated heterocycles. The van der Waals surface area contributed by atoms with Gasteiger partial charge in [-0.15, -0.1) is 0 Å². The molecule has 0 saturated carbocycles. The first-order valence-corrected chi connectivity index (χ1v) is 13.7. The molecule has 5 heteroatoms. The fourth-order valence-electron chi connectivity index (χ4n) is 2.93. The maximum atomic E-state index is 12.9. The zero-order chi connectivity index (χ0) is 20.3. The second kappa shape index (κ2) is 9.01. The predicted molar refractivity (Wildman–Crippen MR) is 128 cm³/mol. The molecule has 0 N–H and O–H groups in total. The molecule has 0 bridgehead atoms. The number of aryl methyl sites for hydroxylation is 1. The predicted octanol–water partition coefficient (Wildman–Crippen LogP) is 6.00. The van der Waals surface area contributed by atoms with Gasteiger partial charge in [0, 0.05) is 0 Å². The Balaban J connectivity index is 1.84. The number of carbonyl (C=O) groups excluding carboxylic acids is 2. The molecule has 0 radical (unpaired) electrons. The van der Waals surface area contributed by atoms with Gasteiger partial charge in [-0.2, -0.15) is 0 Å². The van der Waals surface area contributed by atoms with Crippen molar-refractivity contribution in [1.82, 2.24) is 4.90 Å². The Morgan fingerprint density at radius 3 is 2.36 bits per heavy atom. The van der Waals surface area contributed by atoms with Crippen LogP contribution in [0.15, 0.2) is 52.3 Å². The van der Waals surface area contributed by atoms with Crippen molar-refractivity contribution in [3.05, 3.63) is 73.1 Å². The van der Waals surface area contributed by atoms with Gasteiger partial charge in [-0.25, -0.2) is 0 Å². The molecule has 0 aliphatic carbocycles. The van der Waals surface area contributed by atoms with E-state index >= 15 is 0 Å². The van der Waals surface area contributed by atoms with Gasteiger partial charge in [-0.1, -0.05) is 0 Å². The summed E-state index contributed by atoms with van der Waals surface area (Å²) in [6, 6.07) is 12.3. The number of amides is 1. The number of rotatable bonds is 5. The Bertz CT molecular complexity index is 941. The van der Waals surface area contributed by atoms with Gasteiger partial charge in [0.25, 0.3) is 0 Å². The maximum absolute atomic E-state index is 12.9. The van der Waals surface area contributed by atoms with Crippen LogP contribution < -0.4 is 0 Å². The molecule has 2 aromatic rings. The van der Waals surface area contributed by atoms with Crippen molar-refractivity contribution in [3.8, 4) is 0 Å². The Morgan fingerprint density at radius 1 is 1.04 bits per heavy atom. The summed E-state index contributed by atoms with van der Waals surface area (Å²) in [7, 11) is 0. The molecule has 0 atom stereocenters. The number of carbonyl (C=O) groups is 2. The van der Waals surface area contributed by atoms with E-state index in [1.165, 1.54) is 5.56 Å². The third-order valence-electron chi connectivity index (χ3n) is 4.49. The van der Waals surface area contributed by atoms with E-state index in [-0.39, 0.29) is 9.70 Å². The van der Waals surface area contributed by atoms with Crippen molar-refractivity contribution in [2.75, 3.05) is 11.0 Å². The molecule has 2 heterocycles. The van der Waals surface area contributed by atoms with Crippen LogP contribution in [0.5, 0.6) is 0 Å². The summed E-state index contributed by atoms with van der Waals surface area (Å²) in [6.45, 7) is 10.6. The first-order chi connectivity index (χ1) is 13.4. The molecular formula is C23H24INO2S. The van der Waals surface area contributed by atoms with Crippen LogP contribution in [-0.2, 0) is 9.59 Å². The van der Waals surface area contributed by atoms with Crippen molar-refractivity contribution >= 4 is 59.1 Å². The topological polar surface area (TPSA) is 37.4 Å². The Labute approximate surface area is 177 Å². The number of likely N-dealkylation sites (N-methyl/N-ethyl adjacent to an activating group) is 1. The van der Waals surface area contributed by atoms with Gasteiger partial charge < -0.3 is 0 Å². The molecule has 28 heavy (non-hydrogen) atoms. The van der Waals surface area contributed by atoms with Crippen LogP contribution in [0.1, 0.15) is 34.7 Å². The van der Waals surface area contributed by atoms with Crippen molar-refractivity contribution in [2.45, 2.75) is 20.8 Å². The number of benzene rings is 1. The average Bonchev–Trinajstić information content (AvgIpc) is 3.13. The van der Waals surface area contributed by atoms with Gasteiger partial charge in [-0.05, 0) is 6.92 Å². The number of thiophene rings is 1. The number of nitrogens with zero attached hydrogens (tertiary/aromatic N) is 1. The summed E-state index contributed by atoms with van der Waals surface area (Å²) in [5.41, 5.74) is 2.71. The third-order valence-corrected chi connectivity index (χ3v) is 10.9. The van der Waals surface area contributed by atoms with Crippen molar-refractivity contribution < 1.29 is 9.59 Å². The average molecular weight is 505 g/mol. The molecule has 3 nitrogen and oxygen atoms in total. The molecule has 146 valence electrons. The summed E-state index contributed by atoms with van der Waals surface area (Å²) in [5, 5.41) is 0. The molecule has 0 unspecified atom stereocenters. The second-order valence-electron chi connectivity index (χ2n) is 6.37. The molecule has 1 fully saturated rings. The standard InChI is InChI=1S/C23H24INO2S/c1-5-24-17(4)25(6-2)23(27)21(22(24)26)15-20-14-13-19(28-20)12-11-18-9-7-16(3)8-10-18/h7-15H,4-6H2,1-3H3/b12-11+,21-15-. The minimum atomic E-state index is -2.06. The van der Waals surface area contributed by atoms with Crippen molar-refractivity contribution in [3.63, 3.8) is 0 Å². The van der Waals surface area contributed by atoms with Gasteiger partial charge in [0.2, 0.25) is 0 Å². The summed E-state index contributed by atoms with van der Waals surface area (Å²) in [6.07, 6.45) is 5.91. The summed E-state index contributed by atoms with van der Waals surface area (Å²) < 4.78 is 1.61. The van der Waals surface area contributed by atoms with Crippen molar-refractivity contribution in [2.24, 2.45) is 0 Å². The van der Waals surface area contributed by atoms with Crippen LogP contribution in [0.3, 0.4) is 0 Å². The Morgan fingerprint density at radius 2 is 1.71 bits per heavy atom. The molecule has 1 aliphatic rings. The molecule has 1 aromatic heterocycles. The van der Waals surface area contributed by atoms with Gasteiger partial charge in [0.15, 0.2) is 0 Å². The van der Waals surface area contributed by atoms with Gasteiger partial charge in [0.1, 0.15) is 0 Å². The zero-order valence-corrected chi connectivity index (χ0v) is 19.3. The van der Waals surface area contributed by atoms with E-state index in [9.17, 15) is 9.59 Å². The first-order valence-electron chi connectivity index (χ1n) is 9.21. The molecule has 1 amide bonds. The van der Waals surface area contributed by atoms with Crippen LogP contribution in [-0.4, -0.2) is 25.6 Å². The van der Waals surface area contributed by atoms with Crippen LogP contribution >= 0.6 is 31.2 Å². The summed E-state index contributed by atoms with van der Waals surface area (Å²) in [4.78, 5) is 29.4. The van der Waals surface area contributed by atoms with Crippen LogP contribution in [0.4, 0.5) is 0 Å². The number of alkyl halides is 1. The quantitative estimate of drug-likeness (QED) is 0.125. The molecule has 0 spiro atoms. The Hall–Kier alpha value is -1.99.